The summed E-state index contributed by atoms with van der Waals surface area (Å²) in [5.74, 6) is -0.266. The van der Waals surface area contributed by atoms with E-state index in [-0.39, 0.29) is 24.1 Å². The largest absolute Gasteiger partial charge is 0.346 e. The van der Waals surface area contributed by atoms with Gasteiger partial charge in [0.05, 0.1) is 27.8 Å². The maximum absolute atomic E-state index is 12.5. The Kier molecular flexibility index (Phi) is 4.44. The Labute approximate surface area is 143 Å². The number of amides is 1. The van der Waals surface area contributed by atoms with E-state index in [0.29, 0.717) is 5.39 Å². The van der Waals surface area contributed by atoms with Crippen LogP contribution in [0.5, 0.6) is 0 Å². The van der Waals surface area contributed by atoms with Crippen LogP contribution in [-0.4, -0.2) is 20.7 Å². The van der Waals surface area contributed by atoms with Gasteiger partial charge in [-0.05, 0) is 26.8 Å². The third-order valence-corrected chi connectivity index (χ3v) is 4.60. The van der Waals surface area contributed by atoms with E-state index >= 15 is 0 Å². The fraction of sp³-hybridized carbons (Fsp3) is 0.294. The molecule has 1 atom stereocenters. The second-order valence-corrected chi connectivity index (χ2v) is 6.74. The summed E-state index contributed by atoms with van der Waals surface area (Å²) in [5, 5.41) is 11.4. The zero-order valence-corrected chi connectivity index (χ0v) is 14.6. The zero-order chi connectivity index (χ0) is 17.3. The van der Waals surface area contributed by atoms with Crippen LogP contribution in [-0.2, 0) is 11.3 Å². The van der Waals surface area contributed by atoms with Gasteiger partial charge in [0.25, 0.3) is 5.56 Å². The molecule has 3 rings (SSSR count). The molecule has 0 saturated heterocycles. The van der Waals surface area contributed by atoms with E-state index in [1.807, 2.05) is 38.3 Å². The topological polar surface area (TPSA) is 76.9 Å². The molecule has 6 nitrogen and oxygen atoms in total. The maximum atomic E-state index is 12.5. The highest BCUT2D eigenvalue weighted by Crippen LogP contribution is 2.15. The fourth-order valence-electron chi connectivity index (χ4n) is 2.59. The number of carbonyl (C=O) groups excluding carboxylic acids is 1. The number of nitrogens with zero attached hydrogens (tertiary/aromatic N) is 3. The van der Waals surface area contributed by atoms with Crippen molar-refractivity contribution in [1.82, 2.24) is 20.1 Å². The highest BCUT2D eigenvalue weighted by molar-refractivity contribution is 7.09. The highest BCUT2D eigenvalue weighted by atomic mass is 32.1. The van der Waals surface area contributed by atoms with Gasteiger partial charge in [0.15, 0.2) is 0 Å². The molecule has 0 bridgehead atoms. The summed E-state index contributed by atoms with van der Waals surface area (Å²) in [5.41, 5.74) is 1.28. The standard InChI is InChI=1S/C17H18N4O2S/c1-10-13-6-4-5-7-14(13)17(23)21(20-10)8-16(22)18-11(2)15-9-24-12(3)19-15/h4-7,9,11H,8H2,1-3H3,(H,18,22)/t11-/m0/s1. The average Bonchev–Trinajstić information content (AvgIpc) is 2.99. The SMILES string of the molecule is Cc1nc([C@H](C)NC(=O)Cn2nc(C)c3ccccc3c2=O)cs1. The lowest BCUT2D eigenvalue weighted by Crippen LogP contribution is -2.35. The lowest BCUT2D eigenvalue weighted by molar-refractivity contribution is -0.122. The molecule has 24 heavy (non-hydrogen) atoms. The monoisotopic (exact) mass is 342 g/mol. The van der Waals surface area contributed by atoms with E-state index in [0.717, 1.165) is 21.8 Å². The molecule has 0 aliphatic rings. The van der Waals surface area contributed by atoms with E-state index in [4.69, 9.17) is 0 Å². The van der Waals surface area contributed by atoms with Crippen molar-refractivity contribution >= 4 is 28.0 Å². The molecular formula is C17H18N4O2S. The number of nitrogens with one attached hydrogen (secondary N) is 1. The van der Waals surface area contributed by atoms with Crippen molar-refractivity contribution in [1.29, 1.82) is 0 Å². The van der Waals surface area contributed by atoms with Crippen molar-refractivity contribution in [3.63, 3.8) is 0 Å². The number of rotatable bonds is 4. The van der Waals surface area contributed by atoms with E-state index in [2.05, 4.69) is 15.4 Å². The molecule has 0 spiro atoms. The Hall–Kier alpha value is -2.54. The summed E-state index contributed by atoms with van der Waals surface area (Å²) < 4.78 is 1.21. The molecule has 124 valence electrons. The molecule has 0 fully saturated rings. The summed E-state index contributed by atoms with van der Waals surface area (Å²) in [6, 6.07) is 7.07. The van der Waals surface area contributed by atoms with Gasteiger partial charge in [-0.25, -0.2) is 9.67 Å². The molecule has 0 saturated carbocycles. The van der Waals surface area contributed by atoms with Crippen LogP contribution in [0.15, 0.2) is 34.4 Å². The van der Waals surface area contributed by atoms with Gasteiger partial charge in [-0.15, -0.1) is 11.3 Å². The van der Waals surface area contributed by atoms with Crippen LogP contribution < -0.4 is 10.9 Å². The third-order valence-electron chi connectivity index (χ3n) is 3.80. The number of hydrogen-bond donors (Lipinski definition) is 1. The number of aryl methyl sites for hydroxylation is 2. The Morgan fingerprint density at radius 3 is 2.67 bits per heavy atom. The third kappa shape index (κ3) is 3.21. The first-order chi connectivity index (χ1) is 11.5. The lowest BCUT2D eigenvalue weighted by atomic mass is 10.1. The molecule has 0 aliphatic heterocycles. The minimum atomic E-state index is -0.266. The molecule has 1 aromatic carbocycles. The highest BCUT2D eigenvalue weighted by Gasteiger charge is 2.15. The molecule has 0 radical (unpaired) electrons. The number of carbonyl (C=O) groups is 1. The predicted octanol–water partition coefficient (Wildman–Crippen LogP) is 2.35. The van der Waals surface area contributed by atoms with Gasteiger partial charge >= 0.3 is 0 Å². The zero-order valence-electron chi connectivity index (χ0n) is 13.7. The number of thiazole rings is 1. The van der Waals surface area contributed by atoms with Crippen LogP contribution in [0.2, 0.25) is 0 Å². The van der Waals surface area contributed by atoms with Crippen molar-refractivity contribution < 1.29 is 4.79 Å². The van der Waals surface area contributed by atoms with E-state index in [1.54, 1.807) is 12.1 Å². The molecule has 3 aromatic rings. The first-order valence-corrected chi connectivity index (χ1v) is 8.51. The summed E-state index contributed by atoms with van der Waals surface area (Å²) in [6.07, 6.45) is 0. The van der Waals surface area contributed by atoms with Gasteiger partial charge in [-0.3, -0.25) is 9.59 Å². The van der Waals surface area contributed by atoms with Gasteiger partial charge in [0, 0.05) is 10.8 Å². The molecular weight excluding hydrogens is 324 g/mol. The van der Waals surface area contributed by atoms with Crippen LogP contribution in [0.25, 0.3) is 10.8 Å². The Bertz CT molecular complexity index is 961. The number of aromatic nitrogens is 3. The summed E-state index contributed by atoms with van der Waals surface area (Å²) >= 11 is 1.54. The van der Waals surface area contributed by atoms with E-state index in [9.17, 15) is 9.59 Å². The minimum absolute atomic E-state index is 0.113. The number of hydrogen-bond acceptors (Lipinski definition) is 5. The van der Waals surface area contributed by atoms with E-state index in [1.165, 1.54) is 16.0 Å². The molecule has 2 heterocycles. The normalized spacial score (nSPS) is 12.3. The molecule has 7 heteroatoms. The lowest BCUT2D eigenvalue weighted by Gasteiger charge is -2.13. The molecule has 0 unspecified atom stereocenters. The summed E-state index contributed by atoms with van der Waals surface area (Å²) in [7, 11) is 0. The van der Waals surface area contributed by atoms with Crippen molar-refractivity contribution in [3.05, 3.63) is 56.4 Å². The summed E-state index contributed by atoms with van der Waals surface area (Å²) in [6.45, 7) is 5.51. The minimum Gasteiger partial charge on any atom is -0.346 e. The number of benzene rings is 1. The van der Waals surface area contributed by atoms with Crippen LogP contribution in [0.3, 0.4) is 0 Å². The quantitative estimate of drug-likeness (QED) is 0.789. The summed E-state index contributed by atoms with van der Waals surface area (Å²) in [4.78, 5) is 29.1. The van der Waals surface area contributed by atoms with Crippen LogP contribution in [0.4, 0.5) is 0 Å². The Morgan fingerprint density at radius 1 is 1.29 bits per heavy atom. The first kappa shape index (κ1) is 16.3. The average molecular weight is 342 g/mol. The van der Waals surface area contributed by atoms with Crippen LogP contribution >= 0.6 is 11.3 Å². The van der Waals surface area contributed by atoms with Gasteiger partial charge in [0.2, 0.25) is 5.91 Å². The predicted molar refractivity (Wildman–Crippen MR) is 94.1 cm³/mol. The van der Waals surface area contributed by atoms with Crippen LogP contribution in [0.1, 0.15) is 29.4 Å². The van der Waals surface area contributed by atoms with Crippen molar-refractivity contribution in [2.45, 2.75) is 33.4 Å². The van der Waals surface area contributed by atoms with Crippen molar-refractivity contribution in [2.75, 3.05) is 0 Å². The van der Waals surface area contributed by atoms with Gasteiger partial charge in [0.1, 0.15) is 6.54 Å². The maximum Gasteiger partial charge on any atom is 0.275 e. The Balaban J connectivity index is 1.81. The Morgan fingerprint density at radius 2 is 2.00 bits per heavy atom. The van der Waals surface area contributed by atoms with E-state index < -0.39 is 0 Å². The smallest absolute Gasteiger partial charge is 0.275 e. The molecule has 1 amide bonds. The molecule has 0 aliphatic carbocycles. The van der Waals surface area contributed by atoms with Gasteiger partial charge < -0.3 is 5.32 Å². The molecule has 1 N–H and O–H groups in total. The van der Waals surface area contributed by atoms with Gasteiger partial charge in [-0.1, -0.05) is 18.2 Å². The number of fused-ring (bicyclic) bond motifs is 1. The first-order valence-electron chi connectivity index (χ1n) is 7.63. The second kappa shape index (κ2) is 6.52. The van der Waals surface area contributed by atoms with Crippen molar-refractivity contribution in [3.8, 4) is 0 Å². The molecule has 2 aromatic heterocycles. The van der Waals surface area contributed by atoms with Crippen molar-refractivity contribution in [2.24, 2.45) is 0 Å². The second-order valence-electron chi connectivity index (χ2n) is 5.67. The fourth-order valence-corrected chi connectivity index (χ4v) is 3.29. The van der Waals surface area contributed by atoms with Crippen LogP contribution in [0, 0.1) is 13.8 Å². The van der Waals surface area contributed by atoms with Gasteiger partial charge in [-0.2, -0.15) is 5.10 Å².